The summed E-state index contributed by atoms with van der Waals surface area (Å²) in [4.78, 5) is 19.0. The third kappa shape index (κ3) is 3.42. The number of amides is 1. The highest BCUT2D eigenvalue weighted by atomic mass is 19.1. The van der Waals surface area contributed by atoms with Crippen molar-refractivity contribution in [2.45, 2.75) is 13.0 Å². The number of anilines is 2. The van der Waals surface area contributed by atoms with Crippen LogP contribution in [0.25, 0.3) is 0 Å². The summed E-state index contributed by atoms with van der Waals surface area (Å²) in [5.74, 6) is 0.259. The number of carbonyl (C=O) groups is 1. The van der Waals surface area contributed by atoms with E-state index in [1.165, 1.54) is 35.4 Å². The molecular weight excluding hydrogens is 329 g/mol. The minimum Gasteiger partial charge on any atom is -0.352 e. The van der Waals surface area contributed by atoms with Gasteiger partial charge in [-0.05, 0) is 53.9 Å². The molecule has 1 N–H and O–H groups in total. The molecule has 5 heteroatoms. The van der Waals surface area contributed by atoms with Crippen LogP contribution in [-0.4, -0.2) is 17.4 Å². The fourth-order valence-electron chi connectivity index (χ4n) is 3.14. The van der Waals surface area contributed by atoms with Gasteiger partial charge in [0.1, 0.15) is 11.6 Å². The molecule has 4 rings (SSSR count). The van der Waals surface area contributed by atoms with Crippen LogP contribution in [0.2, 0.25) is 0 Å². The van der Waals surface area contributed by atoms with Gasteiger partial charge in [0.15, 0.2) is 0 Å². The lowest BCUT2D eigenvalue weighted by Gasteiger charge is -2.29. The van der Waals surface area contributed by atoms with E-state index in [4.69, 9.17) is 0 Å². The minimum atomic E-state index is -0.336. The van der Waals surface area contributed by atoms with Gasteiger partial charge in [-0.15, -0.1) is 0 Å². The van der Waals surface area contributed by atoms with E-state index < -0.39 is 0 Å². The Morgan fingerprint density at radius 2 is 1.77 bits per heavy atom. The number of fused-ring (bicyclic) bond motifs is 1. The van der Waals surface area contributed by atoms with Crippen molar-refractivity contribution >= 4 is 17.4 Å². The first-order valence-corrected chi connectivity index (χ1v) is 8.54. The first-order chi connectivity index (χ1) is 12.7. The Balaban J connectivity index is 1.45. The van der Waals surface area contributed by atoms with Gasteiger partial charge in [0.05, 0.1) is 5.56 Å². The zero-order chi connectivity index (χ0) is 17.9. The number of aromatic nitrogens is 1. The number of benzene rings is 2. The summed E-state index contributed by atoms with van der Waals surface area (Å²) in [6.45, 7) is 1.73. The van der Waals surface area contributed by atoms with Gasteiger partial charge in [-0.2, -0.15) is 0 Å². The topological polar surface area (TPSA) is 45.2 Å². The fourth-order valence-corrected chi connectivity index (χ4v) is 3.14. The van der Waals surface area contributed by atoms with Gasteiger partial charge in [-0.3, -0.25) is 4.79 Å². The summed E-state index contributed by atoms with van der Waals surface area (Å²) < 4.78 is 12.9. The van der Waals surface area contributed by atoms with E-state index in [9.17, 15) is 9.18 Å². The molecule has 0 bridgehead atoms. The SMILES string of the molecule is O=C(Nc1ccc(F)cc1)c1ccc(N2CCc3ccccc3C2)nc1. The molecule has 0 unspecified atom stereocenters. The molecule has 0 radical (unpaired) electrons. The molecular formula is C21H18FN3O. The van der Waals surface area contributed by atoms with Gasteiger partial charge in [-0.1, -0.05) is 24.3 Å². The average Bonchev–Trinajstić information content (AvgIpc) is 2.69. The van der Waals surface area contributed by atoms with Gasteiger partial charge < -0.3 is 10.2 Å². The Hall–Kier alpha value is -3.21. The maximum Gasteiger partial charge on any atom is 0.257 e. The Bertz CT molecular complexity index is 923. The molecule has 0 atom stereocenters. The standard InChI is InChI=1S/C21H18FN3O/c22-18-6-8-19(9-7-18)24-21(26)16-5-10-20(23-13-16)25-12-11-15-3-1-2-4-17(15)14-25/h1-10,13H,11-12,14H2,(H,24,26). The van der Waals surface area contributed by atoms with Crippen molar-refractivity contribution in [2.24, 2.45) is 0 Å². The highest BCUT2D eigenvalue weighted by molar-refractivity contribution is 6.04. The maximum atomic E-state index is 12.9. The van der Waals surface area contributed by atoms with Crippen molar-refractivity contribution in [3.8, 4) is 0 Å². The second-order valence-corrected chi connectivity index (χ2v) is 6.31. The number of hydrogen-bond acceptors (Lipinski definition) is 3. The van der Waals surface area contributed by atoms with Crippen molar-refractivity contribution in [1.82, 2.24) is 4.98 Å². The predicted molar refractivity (Wildman–Crippen MR) is 99.8 cm³/mol. The molecule has 2 heterocycles. The Labute approximate surface area is 151 Å². The lowest BCUT2D eigenvalue weighted by Crippen LogP contribution is -2.31. The lowest BCUT2D eigenvalue weighted by molar-refractivity contribution is 0.102. The van der Waals surface area contributed by atoms with E-state index in [2.05, 4.69) is 39.5 Å². The fraction of sp³-hybridized carbons (Fsp3) is 0.143. The highest BCUT2D eigenvalue weighted by Gasteiger charge is 2.17. The Morgan fingerprint density at radius 3 is 2.50 bits per heavy atom. The molecule has 26 heavy (non-hydrogen) atoms. The number of pyridine rings is 1. The van der Waals surface area contributed by atoms with Crippen molar-refractivity contribution in [2.75, 3.05) is 16.8 Å². The van der Waals surface area contributed by atoms with Crippen LogP contribution < -0.4 is 10.2 Å². The molecule has 1 aliphatic heterocycles. The summed E-state index contributed by atoms with van der Waals surface area (Å²) >= 11 is 0. The molecule has 0 fully saturated rings. The van der Waals surface area contributed by atoms with E-state index in [-0.39, 0.29) is 11.7 Å². The van der Waals surface area contributed by atoms with Crippen LogP contribution in [0.4, 0.5) is 15.9 Å². The van der Waals surface area contributed by atoms with Crippen LogP contribution >= 0.6 is 0 Å². The molecule has 1 amide bonds. The van der Waals surface area contributed by atoms with E-state index in [0.717, 1.165) is 25.3 Å². The molecule has 0 saturated carbocycles. The Kier molecular flexibility index (Phi) is 4.35. The van der Waals surface area contributed by atoms with Crippen LogP contribution in [0.5, 0.6) is 0 Å². The van der Waals surface area contributed by atoms with Crippen molar-refractivity contribution in [1.29, 1.82) is 0 Å². The number of carbonyl (C=O) groups excluding carboxylic acids is 1. The second kappa shape index (κ2) is 6.96. The second-order valence-electron chi connectivity index (χ2n) is 6.31. The number of nitrogens with one attached hydrogen (secondary N) is 1. The summed E-state index contributed by atoms with van der Waals surface area (Å²) in [6.07, 6.45) is 2.57. The van der Waals surface area contributed by atoms with Crippen LogP contribution in [0.3, 0.4) is 0 Å². The number of hydrogen-bond donors (Lipinski definition) is 1. The van der Waals surface area contributed by atoms with Crippen molar-refractivity contribution in [3.63, 3.8) is 0 Å². The molecule has 4 nitrogen and oxygen atoms in total. The van der Waals surface area contributed by atoms with Gasteiger partial charge in [-0.25, -0.2) is 9.37 Å². The number of halogens is 1. The molecule has 1 aliphatic rings. The number of rotatable bonds is 3. The smallest absolute Gasteiger partial charge is 0.257 e. The van der Waals surface area contributed by atoms with E-state index in [1.54, 1.807) is 12.3 Å². The van der Waals surface area contributed by atoms with Crippen LogP contribution in [-0.2, 0) is 13.0 Å². The van der Waals surface area contributed by atoms with E-state index in [0.29, 0.717) is 11.3 Å². The minimum absolute atomic E-state index is 0.264. The third-order valence-corrected chi connectivity index (χ3v) is 4.57. The maximum absolute atomic E-state index is 12.9. The summed E-state index contributed by atoms with van der Waals surface area (Å²) in [6, 6.07) is 17.8. The average molecular weight is 347 g/mol. The van der Waals surface area contributed by atoms with Crippen LogP contribution in [0.1, 0.15) is 21.5 Å². The van der Waals surface area contributed by atoms with Crippen molar-refractivity contribution < 1.29 is 9.18 Å². The van der Waals surface area contributed by atoms with E-state index in [1.807, 2.05) is 6.07 Å². The number of nitrogens with zero attached hydrogens (tertiary/aromatic N) is 2. The third-order valence-electron chi connectivity index (χ3n) is 4.57. The van der Waals surface area contributed by atoms with Gasteiger partial charge in [0.25, 0.3) is 5.91 Å². The molecule has 0 saturated heterocycles. The monoisotopic (exact) mass is 347 g/mol. The molecule has 0 spiro atoms. The summed E-state index contributed by atoms with van der Waals surface area (Å²) in [7, 11) is 0. The first-order valence-electron chi connectivity index (χ1n) is 8.54. The summed E-state index contributed by atoms with van der Waals surface area (Å²) in [5, 5.41) is 2.74. The molecule has 0 aliphatic carbocycles. The predicted octanol–water partition coefficient (Wildman–Crippen LogP) is 4.04. The zero-order valence-corrected chi connectivity index (χ0v) is 14.2. The van der Waals surface area contributed by atoms with Gasteiger partial charge in [0.2, 0.25) is 0 Å². The quantitative estimate of drug-likeness (QED) is 0.778. The van der Waals surface area contributed by atoms with Crippen LogP contribution in [0, 0.1) is 5.82 Å². The normalized spacial score (nSPS) is 13.2. The largest absolute Gasteiger partial charge is 0.352 e. The highest BCUT2D eigenvalue weighted by Crippen LogP contribution is 2.23. The Morgan fingerprint density at radius 1 is 1.00 bits per heavy atom. The van der Waals surface area contributed by atoms with Crippen LogP contribution in [0.15, 0.2) is 66.9 Å². The zero-order valence-electron chi connectivity index (χ0n) is 14.2. The molecule has 3 aromatic rings. The lowest BCUT2D eigenvalue weighted by atomic mass is 10.00. The van der Waals surface area contributed by atoms with Crippen molar-refractivity contribution in [3.05, 3.63) is 89.4 Å². The summed E-state index contributed by atoms with van der Waals surface area (Å²) in [5.41, 5.74) is 3.72. The van der Waals surface area contributed by atoms with Gasteiger partial charge in [0, 0.05) is 25.0 Å². The first kappa shape index (κ1) is 16.3. The molecule has 130 valence electrons. The van der Waals surface area contributed by atoms with E-state index >= 15 is 0 Å². The molecule has 1 aromatic heterocycles. The molecule has 2 aromatic carbocycles. The van der Waals surface area contributed by atoms with Gasteiger partial charge >= 0.3 is 0 Å².